The Balaban J connectivity index is 2.51. The van der Waals surface area contributed by atoms with Crippen molar-refractivity contribution < 1.29 is 5.11 Å². The second-order valence-electron chi connectivity index (χ2n) is 4.69. The largest absolute Gasteiger partial charge is 0.396 e. The lowest BCUT2D eigenvalue weighted by Crippen LogP contribution is -2.57. The molecule has 90 valence electrons. The first kappa shape index (κ1) is 13.3. The minimum atomic E-state index is 0.119. The molecule has 0 bridgehead atoms. The number of thioether (sulfide) groups is 1. The summed E-state index contributed by atoms with van der Waals surface area (Å²) in [5.74, 6) is 2.69. The average molecular weight is 232 g/mol. The van der Waals surface area contributed by atoms with Crippen LogP contribution in [0.15, 0.2) is 0 Å². The van der Waals surface area contributed by atoms with E-state index in [1.807, 2.05) is 11.8 Å². The Morgan fingerprint density at radius 2 is 2.00 bits per heavy atom. The van der Waals surface area contributed by atoms with Gasteiger partial charge in [-0.3, -0.25) is 0 Å². The van der Waals surface area contributed by atoms with Gasteiger partial charge in [-0.05, 0) is 37.2 Å². The zero-order chi connectivity index (χ0) is 11.3. The number of rotatable bonds is 5. The molecule has 15 heavy (non-hydrogen) atoms. The van der Waals surface area contributed by atoms with Crippen LogP contribution in [-0.4, -0.2) is 41.3 Å². The van der Waals surface area contributed by atoms with E-state index in [1.54, 1.807) is 0 Å². The van der Waals surface area contributed by atoms with Crippen LogP contribution in [0.2, 0.25) is 0 Å². The van der Waals surface area contributed by atoms with Crippen LogP contribution in [0.1, 0.15) is 26.7 Å². The van der Waals surface area contributed by atoms with Gasteiger partial charge in [-0.25, -0.2) is 0 Å². The summed E-state index contributed by atoms with van der Waals surface area (Å²) in [5, 5.41) is 12.8. The van der Waals surface area contributed by atoms with E-state index in [0.717, 1.165) is 12.8 Å². The van der Waals surface area contributed by atoms with E-state index in [9.17, 15) is 0 Å². The zero-order valence-corrected chi connectivity index (χ0v) is 10.6. The van der Waals surface area contributed by atoms with Gasteiger partial charge in [0.1, 0.15) is 0 Å². The lowest BCUT2D eigenvalue weighted by atomic mass is 9.89. The van der Waals surface area contributed by atoms with Crippen molar-refractivity contribution in [3.63, 3.8) is 0 Å². The fourth-order valence-electron chi connectivity index (χ4n) is 1.95. The van der Waals surface area contributed by atoms with Crippen LogP contribution in [0.3, 0.4) is 0 Å². The first-order valence-corrected chi connectivity index (χ1v) is 6.95. The predicted molar refractivity (Wildman–Crippen MR) is 67.2 cm³/mol. The molecule has 0 aromatic rings. The standard InChI is InChI=1S/C11H24N2OS/c1-9(7-14)10(2)13-11(8-12)3-5-15-6-4-11/h9-10,13-14H,3-8,12H2,1-2H3. The minimum Gasteiger partial charge on any atom is -0.396 e. The molecule has 0 aromatic heterocycles. The molecule has 3 nitrogen and oxygen atoms in total. The third kappa shape index (κ3) is 3.63. The molecule has 0 amide bonds. The highest BCUT2D eigenvalue weighted by molar-refractivity contribution is 7.99. The fourth-order valence-corrected chi connectivity index (χ4v) is 3.23. The summed E-state index contributed by atoms with van der Waals surface area (Å²) >= 11 is 2.01. The number of aliphatic hydroxyl groups is 1. The number of nitrogens with two attached hydrogens (primary N) is 1. The summed E-state index contributed by atoms with van der Waals surface area (Å²) in [4.78, 5) is 0. The molecule has 2 atom stereocenters. The Kier molecular flexibility index (Phi) is 5.39. The summed E-state index contributed by atoms with van der Waals surface area (Å²) < 4.78 is 0. The molecular formula is C11H24N2OS. The third-order valence-electron chi connectivity index (χ3n) is 3.52. The van der Waals surface area contributed by atoms with Crippen molar-refractivity contribution in [2.45, 2.75) is 38.3 Å². The van der Waals surface area contributed by atoms with Gasteiger partial charge in [-0.2, -0.15) is 11.8 Å². The van der Waals surface area contributed by atoms with Gasteiger partial charge < -0.3 is 16.2 Å². The average Bonchev–Trinajstić information content (AvgIpc) is 2.29. The van der Waals surface area contributed by atoms with Crippen molar-refractivity contribution >= 4 is 11.8 Å². The highest BCUT2D eigenvalue weighted by Crippen LogP contribution is 2.27. The number of hydrogen-bond acceptors (Lipinski definition) is 4. The SMILES string of the molecule is CC(CO)C(C)NC1(CN)CCSCC1. The van der Waals surface area contributed by atoms with Crippen LogP contribution >= 0.6 is 11.8 Å². The van der Waals surface area contributed by atoms with E-state index in [1.165, 1.54) is 11.5 Å². The van der Waals surface area contributed by atoms with E-state index in [4.69, 9.17) is 10.8 Å². The highest BCUT2D eigenvalue weighted by atomic mass is 32.2. The van der Waals surface area contributed by atoms with E-state index >= 15 is 0 Å². The van der Waals surface area contributed by atoms with E-state index < -0.39 is 0 Å². The molecule has 1 rings (SSSR count). The Morgan fingerprint density at radius 1 is 1.40 bits per heavy atom. The molecule has 4 heteroatoms. The van der Waals surface area contributed by atoms with Crippen LogP contribution in [0, 0.1) is 5.92 Å². The minimum absolute atomic E-state index is 0.119. The Morgan fingerprint density at radius 3 is 2.47 bits per heavy atom. The van der Waals surface area contributed by atoms with Gasteiger partial charge in [0, 0.05) is 24.7 Å². The van der Waals surface area contributed by atoms with Crippen molar-refractivity contribution in [2.75, 3.05) is 24.7 Å². The molecule has 1 aliphatic rings. The Bertz CT molecular complexity index is 183. The number of aliphatic hydroxyl groups excluding tert-OH is 1. The molecule has 0 radical (unpaired) electrons. The molecule has 0 saturated carbocycles. The predicted octanol–water partition coefficient (Wildman–Crippen LogP) is 0.817. The first-order valence-electron chi connectivity index (χ1n) is 5.80. The first-order chi connectivity index (χ1) is 7.13. The van der Waals surface area contributed by atoms with Gasteiger partial charge in [0.15, 0.2) is 0 Å². The van der Waals surface area contributed by atoms with Crippen molar-refractivity contribution in [1.29, 1.82) is 0 Å². The molecule has 0 spiro atoms. The van der Waals surface area contributed by atoms with E-state index in [0.29, 0.717) is 18.5 Å². The van der Waals surface area contributed by atoms with Crippen molar-refractivity contribution in [3.05, 3.63) is 0 Å². The van der Waals surface area contributed by atoms with Gasteiger partial charge in [0.25, 0.3) is 0 Å². The van der Waals surface area contributed by atoms with Crippen molar-refractivity contribution in [2.24, 2.45) is 11.7 Å². The summed E-state index contributed by atoms with van der Waals surface area (Å²) in [5.41, 5.74) is 6.01. The van der Waals surface area contributed by atoms with Gasteiger partial charge in [0.2, 0.25) is 0 Å². The molecule has 2 unspecified atom stereocenters. The van der Waals surface area contributed by atoms with Gasteiger partial charge in [0.05, 0.1) is 0 Å². The molecule has 1 saturated heterocycles. The van der Waals surface area contributed by atoms with Crippen molar-refractivity contribution in [1.82, 2.24) is 5.32 Å². The van der Waals surface area contributed by atoms with Crippen LogP contribution in [0.25, 0.3) is 0 Å². The van der Waals surface area contributed by atoms with E-state index in [-0.39, 0.29) is 12.1 Å². The second kappa shape index (κ2) is 6.09. The quantitative estimate of drug-likeness (QED) is 0.657. The highest BCUT2D eigenvalue weighted by Gasteiger charge is 2.32. The molecule has 4 N–H and O–H groups in total. The topological polar surface area (TPSA) is 58.3 Å². The maximum absolute atomic E-state index is 9.12. The number of hydrogen-bond donors (Lipinski definition) is 3. The van der Waals surface area contributed by atoms with Crippen LogP contribution in [0.4, 0.5) is 0 Å². The van der Waals surface area contributed by atoms with Crippen molar-refractivity contribution in [3.8, 4) is 0 Å². The lowest BCUT2D eigenvalue weighted by molar-refractivity contribution is 0.175. The molecule has 0 aromatic carbocycles. The maximum Gasteiger partial charge on any atom is 0.0471 e. The number of nitrogens with one attached hydrogen (secondary N) is 1. The molecule has 1 heterocycles. The third-order valence-corrected chi connectivity index (χ3v) is 4.50. The molecular weight excluding hydrogens is 208 g/mol. The van der Waals surface area contributed by atoms with Gasteiger partial charge in [-0.15, -0.1) is 0 Å². The second-order valence-corrected chi connectivity index (χ2v) is 5.91. The smallest absolute Gasteiger partial charge is 0.0471 e. The summed E-state index contributed by atoms with van der Waals surface area (Å²) in [7, 11) is 0. The summed E-state index contributed by atoms with van der Waals surface area (Å²) in [6.07, 6.45) is 2.30. The molecule has 1 fully saturated rings. The van der Waals surface area contributed by atoms with Crippen LogP contribution in [0.5, 0.6) is 0 Å². The zero-order valence-electron chi connectivity index (χ0n) is 9.83. The monoisotopic (exact) mass is 232 g/mol. The lowest BCUT2D eigenvalue weighted by Gasteiger charge is -2.40. The normalized spacial score (nSPS) is 24.8. The van der Waals surface area contributed by atoms with Gasteiger partial charge in [-0.1, -0.05) is 6.92 Å². The fraction of sp³-hybridized carbons (Fsp3) is 1.00. The van der Waals surface area contributed by atoms with E-state index in [2.05, 4.69) is 19.2 Å². The Hall–Kier alpha value is 0.230. The van der Waals surface area contributed by atoms with Crippen LogP contribution in [-0.2, 0) is 0 Å². The summed E-state index contributed by atoms with van der Waals surface area (Å²) in [6, 6.07) is 0.335. The molecule has 1 aliphatic heterocycles. The van der Waals surface area contributed by atoms with Gasteiger partial charge >= 0.3 is 0 Å². The Labute approximate surface area is 97.2 Å². The van der Waals surface area contributed by atoms with Crippen LogP contribution < -0.4 is 11.1 Å². The summed E-state index contributed by atoms with van der Waals surface area (Å²) in [6.45, 7) is 5.15. The maximum atomic E-state index is 9.12. The molecule has 0 aliphatic carbocycles.